The number of benzene rings is 1. The molecule has 1 unspecified atom stereocenters. The Kier molecular flexibility index (Phi) is 6.04. The molecular formula is C23H25N3O2. The van der Waals surface area contributed by atoms with Gasteiger partial charge in [0.25, 0.3) is 5.91 Å². The molecule has 0 radical (unpaired) electrons. The summed E-state index contributed by atoms with van der Waals surface area (Å²) in [5.74, 6) is 0.670. The number of rotatable bonds is 6. The third-order valence-electron chi connectivity index (χ3n) is 4.85. The van der Waals surface area contributed by atoms with Crippen molar-refractivity contribution in [2.45, 2.75) is 26.3 Å². The normalized spacial score (nSPS) is 11.7. The third kappa shape index (κ3) is 4.55. The Morgan fingerprint density at radius 2 is 1.96 bits per heavy atom. The third-order valence-corrected chi connectivity index (χ3v) is 4.85. The fourth-order valence-electron chi connectivity index (χ4n) is 3.07. The van der Waals surface area contributed by atoms with Crippen LogP contribution in [0.1, 0.15) is 28.5 Å². The maximum Gasteiger partial charge on any atom is 0.253 e. The van der Waals surface area contributed by atoms with Crippen molar-refractivity contribution in [1.29, 1.82) is 0 Å². The number of likely N-dealkylation sites (N-methyl/N-ethyl adjacent to an activating group) is 1. The summed E-state index contributed by atoms with van der Waals surface area (Å²) in [6.07, 6.45) is 5.95. The minimum absolute atomic E-state index is 0.0159. The van der Waals surface area contributed by atoms with Gasteiger partial charge in [0.05, 0.1) is 13.3 Å². The topological polar surface area (TPSA) is 55.3 Å². The molecule has 0 fully saturated rings. The number of nitrogens with zero attached hydrogens (tertiary/aromatic N) is 3. The predicted molar refractivity (Wildman–Crippen MR) is 110 cm³/mol. The van der Waals surface area contributed by atoms with E-state index in [2.05, 4.69) is 16.0 Å². The number of aryl methyl sites for hydroxylation is 1. The molecule has 0 aliphatic heterocycles. The highest BCUT2D eigenvalue weighted by Crippen LogP contribution is 2.24. The molecule has 2 heterocycles. The second-order valence-corrected chi connectivity index (χ2v) is 6.99. The second-order valence-electron chi connectivity index (χ2n) is 6.99. The second kappa shape index (κ2) is 8.65. The summed E-state index contributed by atoms with van der Waals surface area (Å²) in [5, 5.41) is 0. The highest BCUT2D eigenvalue weighted by molar-refractivity contribution is 5.95. The van der Waals surface area contributed by atoms with Crippen LogP contribution in [0, 0.1) is 6.92 Å². The lowest BCUT2D eigenvalue weighted by Crippen LogP contribution is -2.36. The van der Waals surface area contributed by atoms with Gasteiger partial charge in [0.1, 0.15) is 5.75 Å². The van der Waals surface area contributed by atoms with Crippen LogP contribution in [0.3, 0.4) is 0 Å². The van der Waals surface area contributed by atoms with Crippen molar-refractivity contribution >= 4 is 5.91 Å². The van der Waals surface area contributed by atoms with Crippen LogP contribution in [-0.2, 0) is 6.42 Å². The Morgan fingerprint density at radius 1 is 1.14 bits per heavy atom. The number of pyridine rings is 2. The minimum atomic E-state index is -0.0159. The van der Waals surface area contributed by atoms with Crippen LogP contribution in [0.5, 0.6) is 5.75 Å². The van der Waals surface area contributed by atoms with Gasteiger partial charge in [0.2, 0.25) is 0 Å². The molecule has 0 saturated carbocycles. The smallest absolute Gasteiger partial charge is 0.253 e. The molecule has 3 aromatic rings. The lowest BCUT2D eigenvalue weighted by atomic mass is 10.0. The molecule has 0 N–H and O–H groups in total. The summed E-state index contributed by atoms with van der Waals surface area (Å²) in [6, 6.07) is 13.6. The number of ether oxygens (including phenoxy) is 1. The predicted octanol–water partition coefficient (Wildman–Crippen LogP) is 4.16. The minimum Gasteiger partial charge on any atom is -0.495 e. The Morgan fingerprint density at radius 3 is 2.71 bits per heavy atom. The number of hydrogen-bond acceptors (Lipinski definition) is 4. The van der Waals surface area contributed by atoms with Crippen LogP contribution in [0.15, 0.2) is 61.1 Å². The molecule has 0 aliphatic carbocycles. The maximum absolute atomic E-state index is 13.0. The van der Waals surface area contributed by atoms with Crippen LogP contribution in [0.2, 0.25) is 0 Å². The maximum atomic E-state index is 13.0. The zero-order valence-electron chi connectivity index (χ0n) is 16.7. The fourth-order valence-corrected chi connectivity index (χ4v) is 3.07. The summed E-state index contributed by atoms with van der Waals surface area (Å²) in [4.78, 5) is 23.4. The SMILES string of the molecule is COc1cncc(-c2cccc(C(=O)N(C)C(C)Cc3cc(C)ccn3)c2)c1. The number of hydrogen-bond donors (Lipinski definition) is 0. The molecule has 1 aromatic carbocycles. The van der Waals surface area contributed by atoms with E-state index >= 15 is 0 Å². The van der Waals surface area contributed by atoms with Crippen LogP contribution in [0.25, 0.3) is 11.1 Å². The number of carbonyl (C=O) groups is 1. The van der Waals surface area contributed by atoms with Crippen LogP contribution < -0.4 is 4.74 Å². The molecule has 2 aromatic heterocycles. The van der Waals surface area contributed by atoms with Gasteiger partial charge in [-0.15, -0.1) is 0 Å². The number of amides is 1. The highest BCUT2D eigenvalue weighted by Gasteiger charge is 2.19. The van der Waals surface area contributed by atoms with E-state index in [1.165, 1.54) is 5.56 Å². The van der Waals surface area contributed by atoms with E-state index in [1.54, 1.807) is 24.4 Å². The van der Waals surface area contributed by atoms with Crippen LogP contribution >= 0.6 is 0 Å². The summed E-state index contributed by atoms with van der Waals surface area (Å²) in [7, 11) is 3.45. The van der Waals surface area contributed by atoms with E-state index in [1.807, 2.05) is 63.5 Å². The van der Waals surface area contributed by atoms with Crippen molar-refractivity contribution in [3.8, 4) is 16.9 Å². The van der Waals surface area contributed by atoms with Crippen molar-refractivity contribution in [3.63, 3.8) is 0 Å². The van der Waals surface area contributed by atoms with Gasteiger partial charge in [-0.3, -0.25) is 14.8 Å². The van der Waals surface area contributed by atoms with Gasteiger partial charge in [-0.05, 0) is 55.3 Å². The van der Waals surface area contributed by atoms with E-state index in [9.17, 15) is 4.79 Å². The lowest BCUT2D eigenvalue weighted by molar-refractivity contribution is 0.0743. The fraction of sp³-hybridized carbons (Fsp3) is 0.261. The highest BCUT2D eigenvalue weighted by atomic mass is 16.5. The van der Waals surface area contributed by atoms with E-state index in [-0.39, 0.29) is 11.9 Å². The molecule has 0 spiro atoms. The zero-order valence-corrected chi connectivity index (χ0v) is 16.7. The largest absolute Gasteiger partial charge is 0.495 e. The molecule has 144 valence electrons. The Balaban J connectivity index is 1.77. The van der Waals surface area contributed by atoms with Gasteiger partial charge in [-0.2, -0.15) is 0 Å². The summed E-state index contributed by atoms with van der Waals surface area (Å²) in [6.45, 7) is 4.08. The summed E-state index contributed by atoms with van der Waals surface area (Å²) in [5.41, 5.74) is 4.65. The molecule has 28 heavy (non-hydrogen) atoms. The molecule has 1 atom stereocenters. The van der Waals surface area contributed by atoms with Gasteiger partial charge < -0.3 is 9.64 Å². The Hall–Kier alpha value is -3.21. The molecular weight excluding hydrogens is 350 g/mol. The van der Waals surface area contributed by atoms with Crippen molar-refractivity contribution in [1.82, 2.24) is 14.9 Å². The average Bonchev–Trinajstić information content (AvgIpc) is 2.72. The molecule has 0 aliphatic rings. The number of carbonyl (C=O) groups excluding carboxylic acids is 1. The van der Waals surface area contributed by atoms with Crippen molar-refractivity contribution in [2.75, 3.05) is 14.2 Å². The van der Waals surface area contributed by atoms with E-state index in [0.29, 0.717) is 17.7 Å². The van der Waals surface area contributed by atoms with Gasteiger partial charge in [-0.25, -0.2) is 0 Å². The first-order chi connectivity index (χ1) is 13.5. The monoisotopic (exact) mass is 375 g/mol. The van der Waals surface area contributed by atoms with E-state index in [0.717, 1.165) is 16.8 Å². The van der Waals surface area contributed by atoms with E-state index in [4.69, 9.17) is 4.74 Å². The number of methoxy groups -OCH3 is 1. The van der Waals surface area contributed by atoms with Crippen LogP contribution in [-0.4, -0.2) is 41.0 Å². The van der Waals surface area contributed by atoms with Gasteiger partial charge >= 0.3 is 0 Å². The first-order valence-electron chi connectivity index (χ1n) is 9.26. The van der Waals surface area contributed by atoms with Gasteiger partial charge in [0.15, 0.2) is 0 Å². The Bertz CT molecular complexity index is 971. The first kappa shape index (κ1) is 19.5. The number of aromatic nitrogens is 2. The molecule has 1 amide bonds. The lowest BCUT2D eigenvalue weighted by Gasteiger charge is -2.25. The summed E-state index contributed by atoms with van der Waals surface area (Å²) < 4.78 is 5.25. The van der Waals surface area contributed by atoms with Gasteiger partial charge in [0, 0.05) is 48.7 Å². The van der Waals surface area contributed by atoms with Gasteiger partial charge in [-0.1, -0.05) is 12.1 Å². The van der Waals surface area contributed by atoms with Crippen LogP contribution in [0.4, 0.5) is 0 Å². The Labute approximate surface area is 166 Å². The molecule has 0 bridgehead atoms. The standard InChI is InChI=1S/C23H25N3O2/c1-16-8-9-25-21(10-16)11-17(2)26(3)23(27)19-7-5-6-18(12-19)20-13-22(28-4)15-24-14-20/h5-10,12-15,17H,11H2,1-4H3. The average molecular weight is 375 g/mol. The molecule has 0 saturated heterocycles. The van der Waals surface area contributed by atoms with Crippen molar-refractivity contribution in [2.24, 2.45) is 0 Å². The quantitative estimate of drug-likeness (QED) is 0.649. The van der Waals surface area contributed by atoms with E-state index < -0.39 is 0 Å². The van der Waals surface area contributed by atoms with Crippen molar-refractivity contribution in [3.05, 3.63) is 77.9 Å². The molecule has 5 nitrogen and oxygen atoms in total. The first-order valence-corrected chi connectivity index (χ1v) is 9.26. The van der Waals surface area contributed by atoms with Crippen molar-refractivity contribution < 1.29 is 9.53 Å². The zero-order chi connectivity index (χ0) is 20.1. The summed E-state index contributed by atoms with van der Waals surface area (Å²) >= 11 is 0. The molecule has 5 heteroatoms. The molecule has 3 rings (SSSR count).